The first-order valence-electron chi connectivity index (χ1n) is 6.72. The van der Waals surface area contributed by atoms with Crippen molar-refractivity contribution in [2.45, 2.75) is 32.7 Å². The van der Waals surface area contributed by atoms with E-state index in [1.165, 1.54) is 4.90 Å². The van der Waals surface area contributed by atoms with E-state index in [2.05, 4.69) is 0 Å². The maximum absolute atomic E-state index is 12.4. The number of carbonyl (C=O) groups is 2. The zero-order valence-electron chi connectivity index (χ0n) is 12.0. The summed E-state index contributed by atoms with van der Waals surface area (Å²) in [6.07, 6.45) is 2.17. The first kappa shape index (κ1) is 15.8. The van der Waals surface area contributed by atoms with Crippen molar-refractivity contribution in [3.8, 4) is 0 Å². The number of amides is 2. The van der Waals surface area contributed by atoms with Crippen LogP contribution in [0.1, 0.15) is 26.7 Å². The summed E-state index contributed by atoms with van der Waals surface area (Å²) in [5, 5.41) is 8.93. The molecule has 0 saturated heterocycles. The summed E-state index contributed by atoms with van der Waals surface area (Å²) in [7, 11) is 1.59. The number of ether oxygens (including phenoxy) is 1. The van der Waals surface area contributed by atoms with Gasteiger partial charge in [-0.05, 0) is 32.6 Å². The summed E-state index contributed by atoms with van der Waals surface area (Å²) >= 11 is 0. The maximum atomic E-state index is 12.4. The highest BCUT2D eigenvalue weighted by Gasteiger charge is 2.30. The Morgan fingerprint density at radius 3 is 2.42 bits per heavy atom. The smallest absolute Gasteiger partial charge is 0.323 e. The minimum Gasteiger partial charge on any atom is -0.480 e. The standard InChI is InChI=1S/C13H24N2O4/c1-10(2)15(6-7-19-3)13(18)14(9-12(16)17)8-11-4-5-11/h10-11H,4-9H2,1-3H3,(H,16,17). The lowest BCUT2D eigenvalue weighted by Crippen LogP contribution is -2.49. The van der Waals surface area contributed by atoms with E-state index in [-0.39, 0.29) is 18.6 Å². The highest BCUT2D eigenvalue weighted by molar-refractivity contribution is 5.80. The van der Waals surface area contributed by atoms with Crippen LogP contribution in [0.5, 0.6) is 0 Å². The predicted octanol–water partition coefficient (Wildman–Crippen LogP) is 1.26. The van der Waals surface area contributed by atoms with Crippen LogP contribution in [0.15, 0.2) is 0 Å². The molecular weight excluding hydrogens is 248 g/mol. The summed E-state index contributed by atoms with van der Waals surface area (Å²) in [6, 6.07) is -0.181. The largest absolute Gasteiger partial charge is 0.480 e. The van der Waals surface area contributed by atoms with Crippen LogP contribution < -0.4 is 0 Å². The zero-order valence-corrected chi connectivity index (χ0v) is 12.0. The molecule has 1 rings (SSSR count). The van der Waals surface area contributed by atoms with Gasteiger partial charge in [-0.25, -0.2) is 4.79 Å². The van der Waals surface area contributed by atoms with Crippen molar-refractivity contribution in [3.63, 3.8) is 0 Å². The number of hydrogen-bond acceptors (Lipinski definition) is 3. The molecule has 19 heavy (non-hydrogen) atoms. The molecule has 0 heterocycles. The van der Waals surface area contributed by atoms with Crippen LogP contribution in [-0.2, 0) is 9.53 Å². The molecule has 0 atom stereocenters. The average molecular weight is 272 g/mol. The van der Waals surface area contributed by atoms with Crippen molar-refractivity contribution in [2.24, 2.45) is 5.92 Å². The van der Waals surface area contributed by atoms with Crippen LogP contribution in [0, 0.1) is 5.92 Å². The Bertz CT molecular complexity index is 316. The van der Waals surface area contributed by atoms with Crippen LogP contribution in [0.25, 0.3) is 0 Å². The van der Waals surface area contributed by atoms with Crippen molar-refractivity contribution in [1.29, 1.82) is 0 Å². The number of rotatable bonds is 8. The highest BCUT2D eigenvalue weighted by Crippen LogP contribution is 2.30. The Balaban J connectivity index is 2.66. The van der Waals surface area contributed by atoms with Gasteiger partial charge < -0.3 is 19.6 Å². The summed E-state index contributed by atoms with van der Waals surface area (Å²) in [4.78, 5) is 26.4. The lowest BCUT2D eigenvalue weighted by atomic mass is 10.3. The van der Waals surface area contributed by atoms with Gasteiger partial charge in [-0.2, -0.15) is 0 Å². The van der Waals surface area contributed by atoms with Gasteiger partial charge in [-0.15, -0.1) is 0 Å². The quantitative estimate of drug-likeness (QED) is 0.722. The molecule has 6 heteroatoms. The lowest BCUT2D eigenvalue weighted by Gasteiger charge is -2.32. The number of urea groups is 1. The molecule has 0 spiro atoms. The lowest BCUT2D eigenvalue weighted by molar-refractivity contribution is -0.137. The Kier molecular flexibility index (Phi) is 6.08. The van der Waals surface area contributed by atoms with Gasteiger partial charge in [0, 0.05) is 26.2 Å². The molecule has 1 aliphatic carbocycles. The van der Waals surface area contributed by atoms with Gasteiger partial charge >= 0.3 is 12.0 Å². The van der Waals surface area contributed by atoms with Gasteiger partial charge in [0.1, 0.15) is 6.54 Å². The molecule has 0 aromatic carbocycles. The van der Waals surface area contributed by atoms with E-state index in [0.717, 1.165) is 12.8 Å². The predicted molar refractivity (Wildman–Crippen MR) is 71.0 cm³/mol. The molecule has 0 unspecified atom stereocenters. The first-order chi connectivity index (χ1) is 8.95. The zero-order chi connectivity index (χ0) is 14.4. The van der Waals surface area contributed by atoms with Crippen LogP contribution in [0.4, 0.5) is 4.79 Å². The SMILES string of the molecule is COCCN(C(=O)N(CC(=O)O)CC1CC1)C(C)C. The van der Waals surface area contributed by atoms with Crippen molar-refractivity contribution >= 4 is 12.0 Å². The number of nitrogens with zero attached hydrogens (tertiary/aromatic N) is 2. The molecule has 1 N–H and O–H groups in total. The third-order valence-electron chi connectivity index (χ3n) is 3.18. The van der Waals surface area contributed by atoms with Gasteiger partial charge in [0.2, 0.25) is 0 Å². The molecule has 6 nitrogen and oxygen atoms in total. The fourth-order valence-electron chi connectivity index (χ4n) is 1.93. The highest BCUT2D eigenvalue weighted by atomic mass is 16.5. The van der Waals surface area contributed by atoms with Gasteiger partial charge in [-0.3, -0.25) is 4.79 Å². The average Bonchev–Trinajstić information content (AvgIpc) is 3.11. The minimum atomic E-state index is -0.968. The van der Waals surface area contributed by atoms with Crippen molar-refractivity contribution < 1.29 is 19.4 Å². The second-order valence-electron chi connectivity index (χ2n) is 5.28. The Labute approximate surface area is 114 Å². The second-order valence-corrected chi connectivity index (χ2v) is 5.28. The number of methoxy groups -OCH3 is 1. The van der Waals surface area contributed by atoms with E-state index in [4.69, 9.17) is 9.84 Å². The van der Waals surface area contributed by atoms with Gasteiger partial charge in [0.15, 0.2) is 0 Å². The number of carboxylic acids is 1. The van der Waals surface area contributed by atoms with Crippen molar-refractivity contribution in [1.82, 2.24) is 9.80 Å². The van der Waals surface area contributed by atoms with E-state index < -0.39 is 5.97 Å². The van der Waals surface area contributed by atoms with E-state index in [9.17, 15) is 9.59 Å². The molecule has 110 valence electrons. The van der Waals surface area contributed by atoms with Crippen molar-refractivity contribution in [3.05, 3.63) is 0 Å². The van der Waals surface area contributed by atoms with E-state index >= 15 is 0 Å². The molecule has 1 fully saturated rings. The maximum Gasteiger partial charge on any atom is 0.323 e. The number of carboxylic acid groups (broad SMARTS) is 1. The van der Waals surface area contributed by atoms with E-state index in [1.807, 2.05) is 13.8 Å². The summed E-state index contributed by atoms with van der Waals surface area (Å²) < 4.78 is 5.00. The monoisotopic (exact) mass is 272 g/mol. The number of hydrogen-bond donors (Lipinski definition) is 1. The van der Waals surface area contributed by atoms with E-state index in [0.29, 0.717) is 25.6 Å². The van der Waals surface area contributed by atoms with Crippen LogP contribution >= 0.6 is 0 Å². The first-order valence-corrected chi connectivity index (χ1v) is 6.72. The third kappa shape index (κ3) is 5.46. The molecule has 0 aliphatic heterocycles. The Hall–Kier alpha value is -1.30. The molecule has 1 aliphatic rings. The van der Waals surface area contributed by atoms with Crippen LogP contribution in [0.3, 0.4) is 0 Å². The normalized spacial score (nSPS) is 14.5. The third-order valence-corrected chi connectivity index (χ3v) is 3.18. The summed E-state index contributed by atoms with van der Waals surface area (Å²) in [5.41, 5.74) is 0. The minimum absolute atomic E-state index is 0.0261. The Morgan fingerprint density at radius 2 is 2.00 bits per heavy atom. The van der Waals surface area contributed by atoms with E-state index in [1.54, 1.807) is 12.0 Å². The van der Waals surface area contributed by atoms with Gasteiger partial charge in [0.25, 0.3) is 0 Å². The molecule has 2 amide bonds. The summed E-state index contributed by atoms with van der Waals surface area (Å²) in [6.45, 7) is 5.09. The Morgan fingerprint density at radius 1 is 1.37 bits per heavy atom. The molecule has 0 aromatic rings. The topological polar surface area (TPSA) is 70.1 Å². The fraction of sp³-hybridized carbons (Fsp3) is 0.846. The van der Waals surface area contributed by atoms with Crippen LogP contribution in [-0.4, -0.2) is 66.3 Å². The van der Waals surface area contributed by atoms with Gasteiger partial charge in [0.05, 0.1) is 6.61 Å². The fourth-order valence-corrected chi connectivity index (χ4v) is 1.93. The van der Waals surface area contributed by atoms with Crippen LogP contribution in [0.2, 0.25) is 0 Å². The second kappa shape index (κ2) is 7.33. The number of aliphatic carboxylic acids is 1. The van der Waals surface area contributed by atoms with Gasteiger partial charge in [-0.1, -0.05) is 0 Å². The number of carbonyl (C=O) groups excluding carboxylic acids is 1. The molecule has 0 aromatic heterocycles. The van der Waals surface area contributed by atoms with Crippen molar-refractivity contribution in [2.75, 3.05) is 33.4 Å². The molecule has 1 saturated carbocycles. The summed E-state index contributed by atoms with van der Waals surface area (Å²) in [5.74, 6) is -0.496. The molecular formula is C13H24N2O4. The molecule has 0 bridgehead atoms. The molecule has 0 radical (unpaired) electrons.